The predicted octanol–water partition coefficient (Wildman–Crippen LogP) is 1.61. The van der Waals surface area contributed by atoms with Gasteiger partial charge in [0.15, 0.2) is 11.5 Å². The molecular weight excluding hydrogens is 520 g/mol. The fraction of sp³-hybridized carbons (Fsp3) is 0.250. The SMILES string of the molecule is C[C@@H]1CN(C)CCN1c1nc(=O)n(-c2cncc(S(N)(=O)=O)c2)c2nc(-c3c(O)cccc3F)c(F)cc12. The number of nitrogens with two attached hydrogens (primary N) is 1. The van der Waals surface area contributed by atoms with E-state index in [2.05, 4.69) is 19.9 Å². The highest BCUT2D eigenvalue weighted by Crippen LogP contribution is 2.35. The van der Waals surface area contributed by atoms with E-state index >= 15 is 4.39 Å². The van der Waals surface area contributed by atoms with Crippen LogP contribution >= 0.6 is 0 Å². The Morgan fingerprint density at radius 1 is 1.11 bits per heavy atom. The van der Waals surface area contributed by atoms with Gasteiger partial charge in [0, 0.05) is 31.9 Å². The third-order valence-corrected chi connectivity index (χ3v) is 7.30. The molecule has 1 saturated heterocycles. The van der Waals surface area contributed by atoms with Crippen molar-refractivity contribution in [1.82, 2.24) is 24.4 Å². The maximum absolute atomic E-state index is 15.5. The Morgan fingerprint density at radius 2 is 1.87 bits per heavy atom. The molecule has 0 spiro atoms. The Kier molecular flexibility index (Phi) is 6.33. The summed E-state index contributed by atoms with van der Waals surface area (Å²) in [6, 6.07) is 5.56. The molecule has 3 N–H and O–H groups in total. The van der Waals surface area contributed by atoms with Crippen LogP contribution in [0.25, 0.3) is 28.0 Å². The number of phenolic OH excluding ortho intramolecular Hbond substituents is 1. The topological polar surface area (TPSA) is 148 Å². The first kappa shape index (κ1) is 25.6. The average Bonchev–Trinajstić information content (AvgIpc) is 2.84. The van der Waals surface area contributed by atoms with Gasteiger partial charge in [0.25, 0.3) is 0 Å². The molecule has 5 rings (SSSR count). The molecule has 4 aromatic rings. The van der Waals surface area contributed by atoms with Crippen LogP contribution in [0, 0.1) is 11.6 Å². The van der Waals surface area contributed by atoms with E-state index in [0.29, 0.717) is 19.6 Å². The van der Waals surface area contributed by atoms with Gasteiger partial charge in [-0.05, 0) is 38.2 Å². The van der Waals surface area contributed by atoms with Crippen molar-refractivity contribution >= 4 is 26.9 Å². The average molecular weight is 544 g/mol. The summed E-state index contributed by atoms with van der Waals surface area (Å²) in [6.07, 6.45) is 2.20. The van der Waals surface area contributed by atoms with Crippen molar-refractivity contribution in [2.45, 2.75) is 17.9 Å². The van der Waals surface area contributed by atoms with Crippen LogP contribution in [0.1, 0.15) is 6.92 Å². The molecule has 11 nitrogen and oxygen atoms in total. The number of rotatable bonds is 4. The normalized spacial score (nSPS) is 16.8. The third-order valence-electron chi connectivity index (χ3n) is 6.42. The number of sulfonamides is 1. The molecule has 3 aromatic heterocycles. The molecule has 0 unspecified atom stereocenters. The Balaban J connectivity index is 1.86. The Hall–Kier alpha value is -4.01. The van der Waals surface area contributed by atoms with Gasteiger partial charge in [-0.25, -0.2) is 36.7 Å². The van der Waals surface area contributed by atoms with Crippen LogP contribution in [0.2, 0.25) is 0 Å². The summed E-state index contributed by atoms with van der Waals surface area (Å²) in [5.74, 6) is -2.26. The summed E-state index contributed by atoms with van der Waals surface area (Å²) in [5.41, 5.74) is -2.08. The van der Waals surface area contributed by atoms with Crippen molar-refractivity contribution in [3.63, 3.8) is 0 Å². The van der Waals surface area contributed by atoms with E-state index in [-0.39, 0.29) is 33.5 Å². The fourth-order valence-electron chi connectivity index (χ4n) is 4.62. The number of likely N-dealkylation sites (N-methyl/N-ethyl adjacent to an activating group) is 1. The second-order valence-corrected chi connectivity index (χ2v) is 10.7. The molecule has 0 radical (unpaired) electrons. The third kappa shape index (κ3) is 4.46. The van der Waals surface area contributed by atoms with Crippen LogP contribution in [0.5, 0.6) is 5.75 Å². The molecule has 0 saturated carbocycles. The quantitative estimate of drug-likeness (QED) is 0.392. The van der Waals surface area contributed by atoms with Crippen LogP contribution in [-0.2, 0) is 10.0 Å². The first-order chi connectivity index (χ1) is 18.0. The minimum atomic E-state index is -4.18. The molecule has 1 aliphatic heterocycles. The molecule has 4 heterocycles. The largest absolute Gasteiger partial charge is 0.507 e. The second kappa shape index (κ2) is 9.38. The number of aromatic nitrogens is 4. The van der Waals surface area contributed by atoms with Crippen LogP contribution in [0.3, 0.4) is 0 Å². The van der Waals surface area contributed by atoms with Gasteiger partial charge in [0.05, 0.1) is 22.8 Å². The highest BCUT2D eigenvalue weighted by molar-refractivity contribution is 7.89. The minimum Gasteiger partial charge on any atom is -0.507 e. The summed E-state index contributed by atoms with van der Waals surface area (Å²) in [5, 5.41) is 15.7. The monoisotopic (exact) mass is 543 g/mol. The summed E-state index contributed by atoms with van der Waals surface area (Å²) < 4.78 is 55.1. The number of hydrogen-bond donors (Lipinski definition) is 2. The van der Waals surface area contributed by atoms with Gasteiger partial charge in [-0.2, -0.15) is 4.98 Å². The van der Waals surface area contributed by atoms with Gasteiger partial charge < -0.3 is 14.9 Å². The van der Waals surface area contributed by atoms with Gasteiger partial charge in [0.1, 0.15) is 28.0 Å². The van der Waals surface area contributed by atoms with Crippen molar-refractivity contribution in [1.29, 1.82) is 0 Å². The molecule has 0 amide bonds. The number of fused-ring (bicyclic) bond motifs is 1. The summed E-state index contributed by atoms with van der Waals surface area (Å²) in [4.78, 5) is 29.4. The number of primary sulfonamides is 1. The highest BCUT2D eigenvalue weighted by Gasteiger charge is 2.28. The number of piperazine rings is 1. The number of halogens is 2. The van der Waals surface area contributed by atoms with Crippen molar-refractivity contribution < 1.29 is 22.3 Å². The second-order valence-electron chi connectivity index (χ2n) is 9.11. The predicted molar refractivity (Wildman–Crippen MR) is 136 cm³/mol. The van der Waals surface area contributed by atoms with Crippen LogP contribution in [-0.4, -0.2) is 70.7 Å². The van der Waals surface area contributed by atoms with Crippen molar-refractivity contribution in [2.75, 3.05) is 31.6 Å². The standard InChI is InChI=1S/C24H23F2N7O4S/c1-13-12-31(2)6-7-32(13)22-16-9-18(26)21(20-17(25)4-3-5-19(20)34)29-23(16)33(24(35)30-22)14-8-15(11-28-10-14)38(27,36)37/h3-5,8-11,13,34H,6-7,12H2,1-2H3,(H2,27,36,37)/t13-/m1/s1. The lowest BCUT2D eigenvalue weighted by Crippen LogP contribution is -2.51. The van der Waals surface area contributed by atoms with Crippen LogP contribution in [0.15, 0.2) is 52.4 Å². The maximum Gasteiger partial charge on any atom is 0.355 e. The lowest BCUT2D eigenvalue weighted by Gasteiger charge is -2.39. The maximum atomic E-state index is 15.5. The van der Waals surface area contributed by atoms with E-state index < -0.39 is 44.4 Å². The molecule has 14 heteroatoms. The summed E-state index contributed by atoms with van der Waals surface area (Å²) in [6.45, 7) is 3.74. The molecule has 0 aliphatic carbocycles. The van der Waals surface area contributed by atoms with E-state index in [1.165, 1.54) is 18.3 Å². The Bertz CT molecular complexity index is 1730. The van der Waals surface area contributed by atoms with E-state index in [1.807, 2.05) is 18.9 Å². The number of aromatic hydroxyl groups is 1. The van der Waals surface area contributed by atoms with Gasteiger partial charge in [-0.1, -0.05) is 6.07 Å². The van der Waals surface area contributed by atoms with Gasteiger partial charge in [0.2, 0.25) is 10.0 Å². The first-order valence-electron chi connectivity index (χ1n) is 11.5. The van der Waals surface area contributed by atoms with Crippen molar-refractivity contribution in [3.05, 3.63) is 64.8 Å². The lowest BCUT2D eigenvalue weighted by atomic mass is 10.1. The zero-order chi connectivity index (χ0) is 27.4. The van der Waals surface area contributed by atoms with Crippen molar-refractivity contribution in [3.8, 4) is 22.7 Å². The Labute approximate surface area is 215 Å². The Morgan fingerprint density at radius 3 is 2.55 bits per heavy atom. The minimum absolute atomic E-state index is 0.0557. The number of pyridine rings is 2. The van der Waals surface area contributed by atoms with E-state index in [9.17, 15) is 22.7 Å². The molecular formula is C24H23F2N7O4S. The summed E-state index contributed by atoms with van der Waals surface area (Å²) >= 11 is 0. The van der Waals surface area contributed by atoms with Crippen molar-refractivity contribution in [2.24, 2.45) is 5.14 Å². The van der Waals surface area contributed by atoms with Crippen LogP contribution in [0.4, 0.5) is 14.6 Å². The zero-order valence-electron chi connectivity index (χ0n) is 20.3. The lowest BCUT2D eigenvalue weighted by molar-refractivity contribution is 0.275. The number of phenols is 1. The molecule has 0 bridgehead atoms. The van der Waals surface area contributed by atoms with E-state index in [0.717, 1.165) is 29.0 Å². The first-order valence-corrected chi connectivity index (χ1v) is 13.0. The smallest absolute Gasteiger partial charge is 0.355 e. The number of anilines is 1. The molecule has 1 aromatic carbocycles. The summed E-state index contributed by atoms with van der Waals surface area (Å²) in [7, 11) is -2.23. The number of hydrogen-bond acceptors (Lipinski definition) is 9. The molecule has 1 aliphatic rings. The molecule has 1 atom stereocenters. The van der Waals surface area contributed by atoms with Gasteiger partial charge in [-0.15, -0.1) is 0 Å². The fourth-order valence-corrected chi connectivity index (χ4v) is 5.11. The molecule has 198 valence electrons. The molecule has 38 heavy (non-hydrogen) atoms. The number of benzene rings is 1. The van der Waals surface area contributed by atoms with E-state index in [1.54, 1.807) is 0 Å². The zero-order valence-corrected chi connectivity index (χ0v) is 21.2. The van der Waals surface area contributed by atoms with Gasteiger partial charge in [-0.3, -0.25) is 4.98 Å². The van der Waals surface area contributed by atoms with Gasteiger partial charge >= 0.3 is 5.69 Å². The molecule has 1 fully saturated rings. The highest BCUT2D eigenvalue weighted by atomic mass is 32.2. The van der Waals surface area contributed by atoms with E-state index in [4.69, 9.17) is 5.14 Å². The van der Waals surface area contributed by atoms with Crippen LogP contribution < -0.4 is 15.7 Å². The number of nitrogens with zero attached hydrogens (tertiary/aromatic N) is 6.